The van der Waals surface area contributed by atoms with Gasteiger partial charge in [-0.1, -0.05) is 34.6 Å². The second-order valence-corrected chi connectivity index (χ2v) is 4.08. The molecule has 0 aliphatic carbocycles. The molecule has 2 nitrogen and oxygen atoms in total. The van der Waals surface area contributed by atoms with Crippen LogP contribution in [0.15, 0.2) is 0 Å². The van der Waals surface area contributed by atoms with Crippen molar-refractivity contribution in [2.45, 2.75) is 60.4 Å². The number of hydrogen-bond acceptors (Lipinski definition) is 2. The van der Waals surface area contributed by atoms with E-state index >= 15 is 0 Å². The lowest BCUT2D eigenvalue weighted by Gasteiger charge is -2.33. The second-order valence-electron chi connectivity index (χ2n) is 4.08. The predicted octanol–water partition coefficient (Wildman–Crippen LogP) is 3.46. The van der Waals surface area contributed by atoms with Crippen molar-refractivity contribution in [2.24, 2.45) is 11.8 Å². The minimum Gasteiger partial charge on any atom is -0.352 e. The number of hydrogen-bond donors (Lipinski definition) is 0. The average molecular weight is 202 g/mol. The van der Waals surface area contributed by atoms with Crippen LogP contribution in [-0.2, 0) is 9.47 Å². The zero-order valence-corrected chi connectivity index (χ0v) is 10.5. The Labute approximate surface area is 89.0 Å². The Hall–Kier alpha value is -0.0800. The monoisotopic (exact) mass is 202 g/mol. The molecule has 0 N–H and O–H groups in total. The predicted molar refractivity (Wildman–Crippen MR) is 60.3 cm³/mol. The van der Waals surface area contributed by atoms with E-state index in [1.165, 1.54) is 0 Å². The molecule has 1 aliphatic heterocycles. The molecule has 1 rings (SSSR count). The van der Waals surface area contributed by atoms with Crippen LogP contribution in [0.4, 0.5) is 0 Å². The second kappa shape index (κ2) is 7.24. The molecule has 0 amide bonds. The Balaban J connectivity index is 0.000000791. The third-order valence-electron chi connectivity index (χ3n) is 2.65. The summed E-state index contributed by atoms with van der Waals surface area (Å²) in [6, 6.07) is 0. The summed E-state index contributed by atoms with van der Waals surface area (Å²) < 4.78 is 11.2. The fraction of sp³-hybridized carbons (Fsp3) is 1.00. The zero-order valence-electron chi connectivity index (χ0n) is 10.5. The van der Waals surface area contributed by atoms with Crippen molar-refractivity contribution in [1.82, 2.24) is 0 Å². The molecule has 14 heavy (non-hydrogen) atoms. The van der Waals surface area contributed by atoms with Crippen LogP contribution in [0, 0.1) is 11.8 Å². The maximum absolute atomic E-state index is 5.69. The van der Waals surface area contributed by atoms with Crippen molar-refractivity contribution in [3.8, 4) is 0 Å². The summed E-state index contributed by atoms with van der Waals surface area (Å²) in [4.78, 5) is 0. The first-order chi connectivity index (χ1) is 6.61. The SMILES string of the molecule is CC.CC1CCOC(C(C)C(C)C)O1. The van der Waals surface area contributed by atoms with Crippen LogP contribution in [0.2, 0.25) is 0 Å². The van der Waals surface area contributed by atoms with E-state index in [9.17, 15) is 0 Å². The molecule has 2 heteroatoms. The standard InChI is InChI=1S/C10H20O2.C2H6/c1-7(2)9(4)10-11-6-5-8(3)12-10;1-2/h7-10H,5-6H2,1-4H3;1-2H3. The van der Waals surface area contributed by atoms with Crippen LogP contribution in [0.5, 0.6) is 0 Å². The Morgan fingerprint density at radius 1 is 1.14 bits per heavy atom. The first kappa shape index (κ1) is 13.9. The van der Waals surface area contributed by atoms with Gasteiger partial charge in [-0.15, -0.1) is 0 Å². The minimum absolute atomic E-state index is 0.0220. The molecule has 1 saturated heterocycles. The molecule has 0 aromatic carbocycles. The normalized spacial score (nSPS) is 29.4. The number of rotatable bonds is 2. The first-order valence-corrected chi connectivity index (χ1v) is 5.88. The average Bonchev–Trinajstić information content (AvgIpc) is 2.19. The zero-order chi connectivity index (χ0) is 11.1. The lowest BCUT2D eigenvalue weighted by molar-refractivity contribution is -0.234. The molecule has 0 spiro atoms. The Morgan fingerprint density at radius 3 is 2.14 bits per heavy atom. The van der Waals surface area contributed by atoms with Gasteiger partial charge in [-0.3, -0.25) is 0 Å². The van der Waals surface area contributed by atoms with Gasteiger partial charge in [-0.05, 0) is 19.3 Å². The van der Waals surface area contributed by atoms with Crippen molar-refractivity contribution in [3.63, 3.8) is 0 Å². The van der Waals surface area contributed by atoms with Crippen LogP contribution in [0.25, 0.3) is 0 Å². The number of ether oxygens (including phenoxy) is 2. The molecule has 0 aromatic heterocycles. The summed E-state index contributed by atoms with van der Waals surface area (Å²) in [5.41, 5.74) is 0. The van der Waals surface area contributed by atoms with Gasteiger partial charge >= 0.3 is 0 Å². The summed E-state index contributed by atoms with van der Waals surface area (Å²) in [6.45, 7) is 13.6. The van der Waals surface area contributed by atoms with Gasteiger partial charge in [-0.25, -0.2) is 0 Å². The maximum atomic E-state index is 5.69. The molecular formula is C12H26O2. The minimum atomic E-state index is 0.0220. The van der Waals surface area contributed by atoms with Crippen LogP contribution in [-0.4, -0.2) is 19.0 Å². The summed E-state index contributed by atoms with van der Waals surface area (Å²) >= 11 is 0. The van der Waals surface area contributed by atoms with Gasteiger partial charge in [0.05, 0.1) is 12.7 Å². The van der Waals surface area contributed by atoms with E-state index in [1.54, 1.807) is 0 Å². The van der Waals surface area contributed by atoms with Crippen LogP contribution in [0.1, 0.15) is 48.0 Å². The molecule has 3 unspecified atom stereocenters. The maximum Gasteiger partial charge on any atom is 0.160 e. The molecule has 1 fully saturated rings. The van der Waals surface area contributed by atoms with E-state index in [0.717, 1.165) is 13.0 Å². The topological polar surface area (TPSA) is 18.5 Å². The van der Waals surface area contributed by atoms with Gasteiger partial charge in [0, 0.05) is 5.92 Å². The van der Waals surface area contributed by atoms with E-state index in [1.807, 2.05) is 13.8 Å². The molecule has 1 heterocycles. The smallest absolute Gasteiger partial charge is 0.160 e. The van der Waals surface area contributed by atoms with E-state index in [2.05, 4.69) is 27.7 Å². The van der Waals surface area contributed by atoms with Crippen LogP contribution >= 0.6 is 0 Å². The summed E-state index contributed by atoms with van der Waals surface area (Å²) in [5.74, 6) is 1.12. The van der Waals surface area contributed by atoms with Gasteiger partial charge in [0.2, 0.25) is 0 Å². The highest BCUT2D eigenvalue weighted by Gasteiger charge is 2.26. The van der Waals surface area contributed by atoms with Gasteiger partial charge in [0.25, 0.3) is 0 Å². The summed E-state index contributed by atoms with van der Waals surface area (Å²) in [6.07, 6.45) is 1.42. The molecule has 0 radical (unpaired) electrons. The molecular weight excluding hydrogens is 176 g/mol. The fourth-order valence-electron chi connectivity index (χ4n) is 1.28. The van der Waals surface area contributed by atoms with E-state index in [-0.39, 0.29) is 6.29 Å². The lowest BCUT2D eigenvalue weighted by Crippen LogP contribution is -2.36. The van der Waals surface area contributed by atoms with Gasteiger partial charge in [0.15, 0.2) is 6.29 Å². The van der Waals surface area contributed by atoms with Crippen molar-refractivity contribution in [2.75, 3.05) is 6.61 Å². The molecule has 3 atom stereocenters. The summed E-state index contributed by atoms with van der Waals surface area (Å²) in [5, 5.41) is 0. The fourth-order valence-corrected chi connectivity index (χ4v) is 1.28. The van der Waals surface area contributed by atoms with Gasteiger partial charge in [0.1, 0.15) is 0 Å². The van der Waals surface area contributed by atoms with E-state index in [0.29, 0.717) is 17.9 Å². The van der Waals surface area contributed by atoms with Crippen molar-refractivity contribution < 1.29 is 9.47 Å². The molecule has 0 aromatic rings. The third-order valence-corrected chi connectivity index (χ3v) is 2.65. The molecule has 0 bridgehead atoms. The van der Waals surface area contributed by atoms with E-state index < -0.39 is 0 Å². The Morgan fingerprint density at radius 2 is 1.71 bits per heavy atom. The van der Waals surface area contributed by atoms with Crippen molar-refractivity contribution in [1.29, 1.82) is 0 Å². The summed E-state index contributed by atoms with van der Waals surface area (Å²) in [7, 11) is 0. The Bertz CT molecular complexity index is 134. The highest BCUT2D eigenvalue weighted by molar-refractivity contribution is 4.66. The van der Waals surface area contributed by atoms with Crippen LogP contribution in [0.3, 0.4) is 0 Å². The lowest BCUT2D eigenvalue weighted by atomic mass is 9.97. The first-order valence-electron chi connectivity index (χ1n) is 5.88. The van der Waals surface area contributed by atoms with Crippen LogP contribution < -0.4 is 0 Å². The molecule has 0 saturated carbocycles. The Kier molecular flexibility index (Phi) is 7.20. The quantitative estimate of drug-likeness (QED) is 0.682. The third kappa shape index (κ3) is 4.43. The van der Waals surface area contributed by atoms with Crippen molar-refractivity contribution >= 4 is 0 Å². The van der Waals surface area contributed by atoms with Gasteiger partial charge < -0.3 is 9.47 Å². The largest absolute Gasteiger partial charge is 0.352 e. The van der Waals surface area contributed by atoms with Gasteiger partial charge in [-0.2, -0.15) is 0 Å². The molecule has 1 aliphatic rings. The highest BCUT2D eigenvalue weighted by Crippen LogP contribution is 2.23. The van der Waals surface area contributed by atoms with E-state index in [4.69, 9.17) is 9.47 Å². The highest BCUT2D eigenvalue weighted by atomic mass is 16.7. The molecule has 86 valence electrons. The van der Waals surface area contributed by atoms with Crippen molar-refractivity contribution in [3.05, 3.63) is 0 Å².